The number of aromatic nitrogens is 3. The average Bonchev–Trinajstić information content (AvgIpc) is 3.38. The van der Waals surface area contributed by atoms with E-state index in [1.807, 2.05) is 47.2 Å². The molecule has 0 aliphatic carbocycles. The van der Waals surface area contributed by atoms with Gasteiger partial charge in [-0.25, -0.2) is 9.97 Å². The highest BCUT2D eigenvalue weighted by atomic mass is 32.1. The first-order chi connectivity index (χ1) is 12.8. The maximum atomic E-state index is 12.7. The predicted molar refractivity (Wildman–Crippen MR) is 108 cm³/mol. The van der Waals surface area contributed by atoms with Crippen molar-refractivity contribution in [3.63, 3.8) is 0 Å². The Morgan fingerprint density at radius 3 is 2.77 bits per heavy atom. The fourth-order valence-electron chi connectivity index (χ4n) is 2.61. The number of carbonyl (C=O) groups is 1. The first-order valence-electron chi connectivity index (χ1n) is 7.73. The van der Waals surface area contributed by atoms with E-state index in [2.05, 4.69) is 20.3 Å². The quantitative estimate of drug-likeness (QED) is 0.452. The number of fused-ring (bicyclic) bond motifs is 2. The summed E-state index contributed by atoms with van der Waals surface area (Å²) in [5.41, 5.74) is 0.676. The Balaban J connectivity index is 1.56. The summed E-state index contributed by atoms with van der Waals surface area (Å²) in [6.45, 7) is 0. The second-order valence-electron chi connectivity index (χ2n) is 5.46. The molecule has 5 rings (SSSR count). The molecule has 0 bridgehead atoms. The molecule has 0 aliphatic heterocycles. The van der Waals surface area contributed by atoms with E-state index in [1.165, 1.54) is 22.7 Å². The van der Waals surface area contributed by atoms with Crippen molar-refractivity contribution >= 4 is 65.4 Å². The lowest BCUT2D eigenvalue weighted by molar-refractivity contribution is 0.103. The Morgan fingerprint density at radius 2 is 1.92 bits per heavy atom. The molecule has 0 aliphatic rings. The number of thiophene rings is 3. The van der Waals surface area contributed by atoms with Crippen LogP contribution >= 0.6 is 34.0 Å². The smallest absolute Gasteiger partial charge is 0.266 e. The lowest BCUT2D eigenvalue weighted by Crippen LogP contribution is -2.12. The Bertz CT molecular complexity index is 1210. The van der Waals surface area contributed by atoms with Crippen LogP contribution in [0, 0.1) is 0 Å². The van der Waals surface area contributed by atoms with Crippen molar-refractivity contribution in [1.29, 1.82) is 0 Å². The molecule has 5 aromatic heterocycles. The standard InChI is InChI=1S/C18H10N4OS3/c23-17(14-9-13-12(26-14)5-8-24-13)21-15-10-4-7-25-18(10)22-16(20-15)11-3-1-2-6-19-11/h1-9H,(H,20,21,22,23). The summed E-state index contributed by atoms with van der Waals surface area (Å²) in [5, 5.41) is 7.76. The van der Waals surface area contributed by atoms with Gasteiger partial charge in [-0.05, 0) is 41.1 Å². The number of pyridine rings is 1. The van der Waals surface area contributed by atoms with E-state index in [0.29, 0.717) is 22.2 Å². The van der Waals surface area contributed by atoms with Crippen molar-refractivity contribution in [3.05, 3.63) is 58.2 Å². The molecule has 0 aromatic carbocycles. The molecular weight excluding hydrogens is 384 g/mol. The van der Waals surface area contributed by atoms with E-state index >= 15 is 0 Å². The minimum absolute atomic E-state index is 0.156. The Kier molecular flexibility index (Phi) is 3.74. The number of rotatable bonds is 3. The van der Waals surface area contributed by atoms with E-state index in [4.69, 9.17) is 0 Å². The van der Waals surface area contributed by atoms with Gasteiger partial charge in [0.05, 0.1) is 10.3 Å². The van der Waals surface area contributed by atoms with Crippen molar-refractivity contribution in [2.24, 2.45) is 0 Å². The first kappa shape index (κ1) is 15.6. The van der Waals surface area contributed by atoms with Crippen LogP contribution in [0.15, 0.2) is 53.4 Å². The van der Waals surface area contributed by atoms with Gasteiger partial charge in [0.25, 0.3) is 5.91 Å². The van der Waals surface area contributed by atoms with E-state index in [1.54, 1.807) is 17.5 Å². The number of nitrogens with zero attached hydrogens (tertiary/aromatic N) is 3. The van der Waals surface area contributed by atoms with E-state index in [9.17, 15) is 4.79 Å². The molecule has 0 saturated heterocycles. The van der Waals surface area contributed by atoms with Gasteiger partial charge in [0.2, 0.25) is 0 Å². The van der Waals surface area contributed by atoms with Crippen LogP contribution in [-0.4, -0.2) is 20.9 Å². The van der Waals surface area contributed by atoms with Crippen molar-refractivity contribution in [3.8, 4) is 11.5 Å². The number of carbonyl (C=O) groups excluding carboxylic acids is 1. The molecule has 0 radical (unpaired) electrons. The van der Waals surface area contributed by atoms with Gasteiger partial charge in [-0.1, -0.05) is 6.07 Å². The summed E-state index contributed by atoms with van der Waals surface area (Å²) >= 11 is 4.63. The highest BCUT2D eigenvalue weighted by Gasteiger charge is 2.16. The lowest BCUT2D eigenvalue weighted by atomic mass is 10.3. The molecule has 0 spiro atoms. The number of anilines is 1. The molecule has 5 aromatic rings. The molecule has 1 amide bonds. The largest absolute Gasteiger partial charge is 0.305 e. The SMILES string of the molecule is O=C(Nc1nc(-c2ccccn2)nc2sccc12)c1cc2sccc2s1. The number of hydrogen-bond donors (Lipinski definition) is 1. The maximum absolute atomic E-state index is 12.7. The van der Waals surface area contributed by atoms with E-state index in [-0.39, 0.29) is 5.91 Å². The summed E-state index contributed by atoms with van der Waals surface area (Å²) in [4.78, 5) is 27.7. The van der Waals surface area contributed by atoms with Crippen LogP contribution in [0.2, 0.25) is 0 Å². The molecule has 0 saturated carbocycles. The molecule has 1 N–H and O–H groups in total. The highest BCUT2D eigenvalue weighted by Crippen LogP contribution is 2.32. The normalized spacial score (nSPS) is 11.2. The summed E-state index contributed by atoms with van der Waals surface area (Å²) in [7, 11) is 0. The van der Waals surface area contributed by atoms with Gasteiger partial charge in [-0.2, -0.15) is 0 Å². The van der Waals surface area contributed by atoms with Crippen molar-refractivity contribution in [2.75, 3.05) is 5.32 Å². The summed E-state index contributed by atoms with van der Waals surface area (Å²) in [5.74, 6) is 0.859. The maximum Gasteiger partial charge on any atom is 0.266 e. The van der Waals surface area contributed by atoms with Crippen LogP contribution in [0.5, 0.6) is 0 Å². The fraction of sp³-hybridized carbons (Fsp3) is 0. The molecule has 0 fully saturated rings. The Hall–Kier alpha value is -2.68. The topological polar surface area (TPSA) is 67.8 Å². The van der Waals surface area contributed by atoms with Crippen molar-refractivity contribution < 1.29 is 4.79 Å². The Morgan fingerprint density at radius 1 is 1.00 bits per heavy atom. The number of nitrogens with one attached hydrogen (secondary N) is 1. The van der Waals surface area contributed by atoms with Crippen LogP contribution in [0.4, 0.5) is 5.82 Å². The molecule has 8 heteroatoms. The third-order valence-corrected chi connectivity index (χ3v) is 6.71. The number of hydrogen-bond acceptors (Lipinski definition) is 7. The van der Waals surface area contributed by atoms with Gasteiger partial charge in [0.15, 0.2) is 5.82 Å². The van der Waals surface area contributed by atoms with Gasteiger partial charge in [-0.3, -0.25) is 9.78 Å². The molecule has 5 heterocycles. The van der Waals surface area contributed by atoms with Crippen LogP contribution in [0.25, 0.3) is 31.1 Å². The van der Waals surface area contributed by atoms with Gasteiger partial charge in [0, 0.05) is 15.6 Å². The summed E-state index contributed by atoms with van der Waals surface area (Å²) in [6, 6.07) is 11.5. The molecule has 0 unspecified atom stereocenters. The van der Waals surface area contributed by atoms with Gasteiger partial charge in [-0.15, -0.1) is 34.0 Å². The number of amides is 1. The van der Waals surface area contributed by atoms with Crippen LogP contribution in [0.3, 0.4) is 0 Å². The molecule has 126 valence electrons. The van der Waals surface area contributed by atoms with Crippen molar-refractivity contribution in [2.45, 2.75) is 0 Å². The molecule has 0 atom stereocenters. The minimum Gasteiger partial charge on any atom is -0.305 e. The van der Waals surface area contributed by atoms with E-state index in [0.717, 1.165) is 19.6 Å². The van der Waals surface area contributed by atoms with Crippen LogP contribution < -0.4 is 5.32 Å². The summed E-state index contributed by atoms with van der Waals surface area (Å²) < 4.78 is 2.25. The van der Waals surface area contributed by atoms with E-state index < -0.39 is 0 Å². The Labute approximate surface area is 160 Å². The average molecular weight is 395 g/mol. The zero-order chi connectivity index (χ0) is 17.5. The third-order valence-electron chi connectivity index (χ3n) is 3.81. The second kappa shape index (κ2) is 6.24. The molecule has 5 nitrogen and oxygen atoms in total. The van der Waals surface area contributed by atoms with Gasteiger partial charge in [0.1, 0.15) is 16.3 Å². The van der Waals surface area contributed by atoms with Gasteiger partial charge >= 0.3 is 0 Å². The second-order valence-corrected chi connectivity index (χ2v) is 8.39. The summed E-state index contributed by atoms with van der Waals surface area (Å²) in [6.07, 6.45) is 1.70. The first-order valence-corrected chi connectivity index (χ1v) is 10.3. The highest BCUT2D eigenvalue weighted by molar-refractivity contribution is 7.27. The molecule has 26 heavy (non-hydrogen) atoms. The zero-order valence-electron chi connectivity index (χ0n) is 13.2. The monoisotopic (exact) mass is 394 g/mol. The third kappa shape index (κ3) is 2.68. The fourth-order valence-corrected chi connectivity index (χ4v) is 5.37. The van der Waals surface area contributed by atoms with Crippen LogP contribution in [-0.2, 0) is 0 Å². The van der Waals surface area contributed by atoms with Crippen molar-refractivity contribution in [1.82, 2.24) is 15.0 Å². The van der Waals surface area contributed by atoms with Crippen LogP contribution in [0.1, 0.15) is 9.67 Å². The lowest BCUT2D eigenvalue weighted by Gasteiger charge is -2.07. The van der Waals surface area contributed by atoms with Gasteiger partial charge < -0.3 is 5.32 Å². The minimum atomic E-state index is -0.156. The molecular formula is C18H10N4OS3. The zero-order valence-corrected chi connectivity index (χ0v) is 15.6. The predicted octanol–water partition coefficient (Wildman–Crippen LogP) is 5.28.